The number of carbonyl (C=O) groups excluding carboxylic acids is 1. The summed E-state index contributed by atoms with van der Waals surface area (Å²) in [6.45, 7) is 4.48. The third-order valence-electron chi connectivity index (χ3n) is 3.97. The van der Waals surface area contributed by atoms with Crippen molar-refractivity contribution in [3.63, 3.8) is 0 Å². The molecule has 0 unspecified atom stereocenters. The highest BCUT2D eigenvalue weighted by atomic mass is 16.5. The summed E-state index contributed by atoms with van der Waals surface area (Å²) in [6.07, 6.45) is 2.12. The molecule has 2 atom stereocenters. The fourth-order valence-electron chi connectivity index (χ4n) is 2.84. The van der Waals surface area contributed by atoms with Crippen LogP contribution in [0.3, 0.4) is 0 Å². The van der Waals surface area contributed by atoms with Crippen LogP contribution < -0.4 is 4.74 Å². The molecule has 2 aromatic heterocycles. The number of ether oxygens (including phenoxy) is 2. The summed E-state index contributed by atoms with van der Waals surface area (Å²) in [5.41, 5.74) is 0.414. The molecule has 2 aromatic rings. The van der Waals surface area contributed by atoms with Crippen LogP contribution in [0.1, 0.15) is 41.5 Å². The van der Waals surface area contributed by atoms with Crippen LogP contribution in [-0.2, 0) is 4.74 Å². The van der Waals surface area contributed by atoms with Gasteiger partial charge in [-0.2, -0.15) is 4.98 Å². The summed E-state index contributed by atoms with van der Waals surface area (Å²) >= 11 is 0. The van der Waals surface area contributed by atoms with Gasteiger partial charge in [0.25, 0.3) is 5.91 Å². The number of rotatable bonds is 5. The monoisotopic (exact) mass is 332 g/mol. The quantitative estimate of drug-likeness (QED) is 0.824. The Morgan fingerprint density at radius 3 is 3.00 bits per heavy atom. The summed E-state index contributed by atoms with van der Waals surface area (Å²) in [7, 11) is 1.63. The van der Waals surface area contributed by atoms with E-state index in [-0.39, 0.29) is 18.1 Å². The Balaban J connectivity index is 1.92. The molecule has 0 aliphatic carbocycles. The van der Waals surface area contributed by atoms with Gasteiger partial charge >= 0.3 is 0 Å². The molecule has 0 spiro atoms. The molecule has 1 saturated heterocycles. The van der Waals surface area contributed by atoms with Gasteiger partial charge in [0.05, 0.1) is 12.7 Å². The maximum atomic E-state index is 13.1. The van der Waals surface area contributed by atoms with E-state index in [0.717, 1.165) is 0 Å². The number of hydrogen-bond donors (Lipinski definition) is 0. The zero-order valence-electron chi connectivity index (χ0n) is 13.9. The maximum absolute atomic E-state index is 13.1. The first-order valence-electron chi connectivity index (χ1n) is 7.85. The normalized spacial score (nSPS) is 20.4. The molecule has 0 aromatic carbocycles. The Kier molecular flexibility index (Phi) is 4.75. The van der Waals surface area contributed by atoms with E-state index in [1.165, 1.54) is 0 Å². The van der Waals surface area contributed by atoms with Crippen molar-refractivity contribution in [1.29, 1.82) is 0 Å². The van der Waals surface area contributed by atoms with Crippen LogP contribution in [0.5, 0.6) is 5.88 Å². The highest BCUT2D eigenvalue weighted by molar-refractivity contribution is 5.96. The molecule has 1 aliphatic heterocycles. The molecule has 24 heavy (non-hydrogen) atoms. The summed E-state index contributed by atoms with van der Waals surface area (Å²) in [4.78, 5) is 23.2. The number of aryl methyl sites for hydroxylation is 1. The third kappa shape index (κ3) is 3.09. The van der Waals surface area contributed by atoms with Gasteiger partial charge < -0.3 is 18.9 Å². The smallest absolute Gasteiger partial charge is 0.260 e. The first-order valence-corrected chi connectivity index (χ1v) is 7.85. The Morgan fingerprint density at radius 1 is 1.50 bits per heavy atom. The predicted molar refractivity (Wildman–Crippen MR) is 83.6 cm³/mol. The SMILES string of the molecule is CCOc1ncccc1C(=O)N1C[C@H](OC)C[C@@H]1c1nc(C)no1. The minimum atomic E-state index is -0.321. The number of hydrogen-bond acceptors (Lipinski definition) is 7. The van der Waals surface area contributed by atoms with Gasteiger partial charge in [0.15, 0.2) is 5.82 Å². The fourth-order valence-corrected chi connectivity index (χ4v) is 2.84. The van der Waals surface area contributed by atoms with Crippen molar-refractivity contribution in [2.24, 2.45) is 0 Å². The Hall–Kier alpha value is -2.48. The lowest BCUT2D eigenvalue weighted by atomic mass is 10.1. The molecule has 3 heterocycles. The number of nitrogens with zero attached hydrogens (tertiary/aromatic N) is 4. The van der Waals surface area contributed by atoms with Gasteiger partial charge in [-0.25, -0.2) is 4.98 Å². The molecule has 8 heteroatoms. The molecular formula is C16H20N4O4. The lowest BCUT2D eigenvalue weighted by Crippen LogP contribution is -2.32. The number of methoxy groups -OCH3 is 1. The zero-order chi connectivity index (χ0) is 17.1. The minimum absolute atomic E-state index is 0.0848. The molecule has 0 saturated carbocycles. The van der Waals surface area contributed by atoms with Gasteiger partial charge in [0, 0.05) is 26.3 Å². The van der Waals surface area contributed by atoms with Crippen molar-refractivity contribution < 1.29 is 18.8 Å². The second-order valence-corrected chi connectivity index (χ2v) is 5.54. The molecule has 0 radical (unpaired) electrons. The highest BCUT2D eigenvalue weighted by Gasteiger charge is 2.40. The largest absolute Gasteiger partial charge is 0.477 e. The topological polar surface area (TPSA) is 90.6 Å². The standard InChI is InChI=1S/C16H20N4O4/c1-4-23-14-12(6-5-7-17-14)16(21)20-9-11(22-3)8-13(20)15-18-10(2)19-24-15/h5-7,11,13H,4,8-9H2,1-3H3/t11-,13-/m1/s1. The second kappa shape index (κ2) is 6.96. The molecule has 0 bridgehead atoms. The van der Waals surface area contributed by atoms with E-state index >= 15 is 0 Å². The van der Waals surface area contributed by atoms with Gasteiger partial charge in [-0.15, -0.1) is 0 Å². The molecule has 3 rings (SSSR count). The summed E-state index contributed by atoms with van der Waals surface area (Å²) in [6, 6.07) is 3.10. The summed E-state index contributed by atoms with van der Waals surface area (Å²) in [5, 5.41) is 3.82. The summed E-state index contributed by atoms with van der Waals surface area (Å²) < 4.78 is 16.2. The van der Waals surface area contributed by atoms with Crippen LogP contribution in [0.25, 0.3) is 0 Å². The van der Waals surface area contributed by atoms with E-state index in [4.69, 9.17) is 14.0 Å². The van der Waals surface area contributed by atoms with Crippen molar-refractivity contribution in [1.82, 2.24) is 20.0 Å². The Labute approximate surface area is 139 Å². The van der Waals surface area contributed by atoms with Crippen LogP contribution >= 0.6 is 0 Å². The number of aromatic nitrogens is 3. The fraction of sp³-hybridized carbons (Fsp3) is 0.500. The van der Waals surface area contributed by atoms with E-state index in [0.29, 0.717) is 42.7 Å². The molecule has 1 fully saturated rings. The first-order chi connectivity index (χ1) is 11.6. The van der Waals surface area contributed by atoms with E-state index in [2.05, 4.69) is 15.1 Å². The molecule has 1 aliphatic rings. The van der Waals surface area contributed by atoms with Crippen LogP contribution in [0.2, 0.25) is 0 Å². The van der Waals surface area contributed by atoms with Crippen molar-refractivity contribution in [3.8, 4) is 5.88 Å². The minimum Gasteiger partial charge on any atom is -0.477 e. The van der Waals surface area contributed by atoms with E-state index in [1.54, 1.807) is 37.3 Å². The van der Waals surface area contributed by atoms with Crippen LogP contribution in [0.4, 0.5) is 0 Å². The first kappa shape index (κ1) is 16.4. The average molecular weight is 332 g/mol. The van der Waals surface area contributed by atoms with E-state index < -0.39 is 0 Å². The predicted octanol–water partition coefficient (Wildman–Crippen LogP) is 1.77. The number of likely N-dealkylation sites (tertiary alicyclic amines) is 1. The lowest BCUT2D eigenvalue weighted by molar-refractivity contribution is 0.0666. The van der Waals surface area contributed by atoms with Crippen LogP contribution in [0, 0.1) is 6.92 Å². The van der Waals surface area contributed by atoms with Crippen molar-refractivity contribution in [3.05, 3.63) is 35.6 Å². The number of carbonyl (C=O) groups is 1. The van der Waals surface area contributed by atoms with Gasteiger partial charge in [0.1, 0.15) is 11.6 Å². The van der Waals surface area contributed by atoms with Gasteiger partial charge in [-0.3, -0.25) is 4.79 Å². The summed E-state index contributed by atoms with van der Waals surface area (Å²) in [5.74, 6) is 1.09. The number of amides is 1. The maximum Gasteiger partial charge on any atom is 0.260 e. The molecule has 128 valence electrons. The average Bonchev–Trinajstić information content (AvgIpc) is 3.21. The highest BCUT2D eigenvalue weighted by Crippen LogP contribution is 2.34. The van der Waals surface area contributed by atoms with E-state index in [1.807, 2.05) is 6.92 Å². The Bertz CT molecular complexity index is 718. The third-order valence-corrected chi connectivity index (χ3v) is 3.97. The van der Waals surface area contributed by atoms with Gasteiger partial charge in [-0.1, -0.05) is 5.16 Å². The molecule has 0 N–H and O–H groups in total. The van der Waals surface area contributed by atoms with Crippen molar-refractivity contribution in [2.75, 3.05) is 20.3 Å². The van der Waals surface area contributed by atoms with Crippen molar-refractivity contribution in [2.45, 2.75) is 32.4 Å². The van der Waals surface area contributed by atoms with Gasteiger partial charge in [-0.05, 0) is 26.0 Å². The van der Waals surface area contributed by atoms with Crippen LogP contribution in [-0.4, -0.2) is 52.3 Å². The lowest BCUT2D eigenvalue weighted by Gasteiger charge is -2.22. The molecule has 1 amide bonds. The van der Waals surface area contributed by atoms with Crippen molar-refractivity contribution >= 4 is 5.91 Å². The number of pyridine rings is 1. The second-order valence-electron chi connectivity index (χ2n) is 5.54. The molecular weight excluding hydrogens is 312 g/mol. The zero-order valence-corrected chi connectivity index (χ0v) is 13.9. The van der Waals surface area contributed by atoms with Crippen LogP contribution in [0.15, 0.2) is 22.9 Å². The Morgan fingerprint density at radius 2 is 2.33 bits per heavy atom. The molecule has 8 nitrogen and oxygen atoms in total. The van der Waals surface area contributed by atoms with Gasteiger partial charge in [0.2, 0.25) is 11.8 Å². The van der Waals surface area contributed by atoms with E-state index in [9.17, 15) is 4.79 Å².